The highest BCUT2D eigenvalue weighted by Gasteiger charge is 2.31. The molecule has 32 heavy (non-hydrogen) atoms. The number of benzene rings is 2. The molecule has 0 fully saturated rings. The molecule has 1 amide bonds. The Morgan fingerprint density at radius 3 is 2.22 bits per heavy atom. The number of aromatic nitrogens is 1. The van der Waals surface area contributed by atoms with Gasteiger partial charge in [-0.2, -0.15) is 0 Å². The number of nitrogens with zero attached hydrogens (tertiary/aromatic N) is 4. The van der Waals surface area contributed by atoms with Crippen LogP contribution >= 0.6 is 11.3 Å². The fraction of sp³-hybridized carbons (Fsp3) is 0. The summed E-state index contributed by atoms with van der Waals surface area (Å²) < 4.78 is 5.07. The minimum atomic E-state index is -1.17. The number of hydrogen-bond acceptors (Lipinski definition) is 11. The van der Waals surface area contributed by atoms with Crippen LogP contribution in [0.25, 0.3) is 0 Å². The molecule has 1 aromatic heterocycles. The third kappa shape index (κ3) is 4.68. The van der Waals surface area contributed by atoms with Crippen LogP contribution in [0, 0.1) is 30.3 Å². The fourth-order valence-corrected chi connectivity index (χ4v) is 3.04. The molecule has 14 nitrogen and oxygen atoms in total. The smallest absolute Gasteiger partial charge is 0.345 e. The number of nitro groups is 3. The Morgan fingerprint density at radius 1 is 0.969 bits per heavy atom. The van der Waals surface area contributed by atoms with Crippen molar-refractivity contribution in [2.75, 3.05) is 5.32 Å². The van der Waals surface area contributed by atoms with Gasteiger partial charge in [0.25, 0.3) is 11.6 Å². The van der Waals surface area contributed by atoms with E-state index in [2.05, 4.69) is 10.3 Å². The van der Waals surface area contributed by atoms with Crippen LogP contribution in [-0.2, 0) is 0 Å². The number of non-ortho nitro benzene ring substituents is 1. The molecule has 15 heteroatoms. The van der Waals surface area contributed by atoms with Crippen LogP contribution < -0.4 is 10.1 Å². The number of amides is 1. The number of anilines is 1. The summed E-state index contributed by atoms with van der Waals surface area (Å²) in [6, 6.07) is 8.55. The second-order valence-corrected chi connectivity index (χ2v) is 6.84. The number of thiazole rings is 1. The van der Waals surface area contributed by atoms with Gasteiger partial charge in [0.05, 0.1) is 32.0 Å². The molecule has 0 aliphatic heterocycles. The summed E-state index contributed by atoms with van der Waals surface area (Å²) in [6.45, 7) is 0. The summed E-state index contributed by atoms with van der Waals surface area (Å²) in [4.78, 5) is 59.5. The molecular weight excluding hydrogens is 450 g/mol. The van der Waals surface area contributed by atoms with E-state index < -0.39 is 54.3 Å². The Hall–Kier alpha value is -4.79. The van der Waals surface area contributed by atoms with E-state index >= 15 is 0 Å². The zero-order valence-electron chi connectivity index (χ0n) is 15.5. The van der Waals surface area contributed by atoms with Crippen molar-refractivity contribution in [1.82, 2.24) is 4.98 Å². The standard InChI is InChI=1S/C17H9N5O9S/c23-15(19-17-18-8-13(32-17)22(29)30)11-6-10(20(25)26)7-12(21(27)28)14(11)31-16(24)9-4-2-1-3-5-9/h1-8H,(H,18,19,23). The van der Waals surface area contributed by atoms with Gasteiger partial charge in [0, 0.05) is 6.07 Å². The van der Waals surface area contributed by atoms with Gasteiger partial charge in [0.2, 0.25) is 5.75 Å². The predicted octanol–water partition coefficient (Wildman–Crippen LogP) is 3.34. The number of ether oxygens (including phenoxy) is 1. The van der Waals surface area contributed by atoms with E-state index in [9.17, 15) is 39.9 Å². The zero-order valence-corrected chi connectivity index (χ0v) is 16.3. The third-order valence-corrected chi connectivity index (χ3v) is 4.67. The van der Waals surface area contributed by atoms with Gasteiger partial charge in [-0.15, -0.1) is 0 Å². The van der Waals surface area contributed by atoms with Crippen LogP contribution in [0.1, 0.15) is 20.7 Å². The summed E-state index contributed by atoms with van der Waals surface area (Å²) in [5, 5.41) is 35.0. The molecule has 3 aromatic rings. The lowest BCUT2D eigenvalue weighted by Crippen LogP contribution is -2.17. The maximum absolute atomic E-state index is 12.7. The Kier molecular flexibility index (Phi) is 6.11. The molecule has 162 valence electrons. The molecule has 0 spiro atoms. The van der Waals surface area contributed by atoms with Crippen LogP contribution in [0.5, 0.6) is 5.75 Å². The van der Waals surface area contributed by atoms with Crippen molar-refractivity contribution in [3.8, 4) is 5.75 Å². The highest BCUT2D eigenvalue weighted by Crippen LogP contribution is 2.37. The molecule has 0 saturated heterocycles. The van der Waals surface area contributed by atoms with Crippen LogP contribution in [0.15, 0.2) is 48.7 Å². The molecule has 0 saturated carbocycles. The van der Waals surface area contributed by atoms with E-state index in [1.54, 1.807) is 6.07 Å². The van der Waals surface area contributed by atoms with Crippen LogP contribution in [0.2, 0.25) is 0 Å². The largest absolute Gasteiger partial charge is 0.415 e. The number of carbonyl (C=O) groups is 2. The lowest BCUT2D eigenvalue weighted by Gasteiger charge is -2.10. The second kappa shape index (κ2) is 8.92. The summed E-state index contributed by atoms with van der Waals surface area (Å²) in [5.74, 6) is -3.06. The number of hydrogen-bond donors (Lipinski definition) is 1. The van der Waals surface area contributed by atoms with Gasteiger partial charge < -0.3 is 4.74 Å². The van der Waals surface area contributed by atoms with E-state index in [4.69, 9.17) is 4.74 Å². The lowest BCUT2D eigenvalue weighted by molar-refractivity contribution is -0.394. The van der Waals surface area contributed by atoms with Crippen molar-refractivity contribution < 1.29 is 29.1 Å². The number of nitrogens with one attached hydrogen (secondary N) is 1. The molecule has 1 heterocycles. The highest BCUT2D eigenvalue weighted by molar-refractivity contribution is 7.18. The first-order valence-corrected chi connectivity index (χ1v) is 9.14. The van der Waals surface area contributed by atoms with Gasteiger partial charge >= 0.3 is 16.7 Å². The SMILES string of the molecule is O=C(Oc1c(C(=O)Nc2ncc([N+](=O)[O-])s2)cc([N+](=O)[O-])cc1[N+](=O)[O-])c1ccccc1. The average Bonchev–Trinajstić information content (AvgIpc) is 3.22. The van der Waals surface area contributed by atoms with E-state index in [1.165, 1.54) is 24.3 Å². The van der Waals surface area contributed by atoms with Crippen LogP contribution in [0.4, 0.5) is 21.5 Å². The first-order chi connectivity index (χ1) is 15.2. The summed E-state index contributed by atoms with van der Waals surface area (Å²) >= 11 is 0.484. The molecule has 3 rings (SSSR count). The van der Waals surface area contributed by atoms with Gasteiger partial charge in [-0.3, -0.25) is 40.5 Å². The maximum atomic E-state index is 12.7. The Balaban J connectivity index is 2.07. The number of esters is 1. The molecule has 2 aromatic carbocycles. The molecule has 0 aliphatic rings. The van der Waals surface area contributed by atoms with Crippen LogP contribution in [0.3, 0.4) is 0 Å². The predicted molar refractivity (Wildman–Crippen MR) is 108 cm³/mol. The van der Waals surface area contributed by atoms with E-state index in [-0.39, 0.29) is 10.7 Å². The number of carbonyl (C=O) groups excluding carboxylic acids is 2. The Bertz CT molecular complexity index is 1260. The average molecular weight is 459 g/mol. The minimum Gasteiger partial charge on any atom is -0.415 e. The minimum absolute atomic E-state index is 0.00190. The van der Waals surface area contributed by atoms with E-state index in [0.29, 0.717) is 23.5 Å². The van der Waals surface area contributed by atoms with Gasteiger partial charge in [0.15, 0.2) is 5.13 Å². The molecule has 0 unspecified atom stereocenters. The van der Waals surface area contributed by atoms with Gasteiger partial charge in [-0.05, 0) is 23.5 Å². The number of nitro benzene ring substituents is 2. The molecule has 0 atom stereocenters. The molecular formula is C17H9N5O9S. The quantitative estimate of drug-likeness (QED) is 0.236. The number of rotatable bonds is 7. The van der Waals surface area contributed by atoms with Crippen LogP contribution in [-0.4, -0.2) is 31.6 Å². The van der Waals surface area contributed by atoms with Crippen molar-refractivity contribution in [1.29, 1.82) is 0 Å². The first-order valence-electron chi connectivity index (χ1n) is 8.33. The maximum Gasteiger partial charge on any atom is 0.345 e. The summed E-state index contributed by atoms with van der Waals surface area (Å²) in [7, 11) is 0. The van der Waals surface area contributed by atoms with Crippen molar-refractivity contribution in [3.63, 3.8) is 0 Å². The fourth-order valence-electron chi connectivity index (χ4n) is 2.41. The highest BCUT2D eigenvalue weighted by atomic mass is 32.1. The second-order valence-electron chi connectivity index (χ2n) is 5.83. The molecule has 1 N–H and O–H groups in total. The Labute approximate surface area is 180 Å². The molecule has 0 aliphatic carbocycles. The van der Waals surface area contributed by atoms with Crippen molar-refractivity contribution in [3.05, 3.63) is 90.1 Å². The van der Waals surface area contributed by atoms with E-state index in [1.807, 2.05) is 0 Å². The van der Waals surface area contributed by atoms with Gasteiger partial charge in [-0.25, -0.2) is 9.78 Å². The molecule has 0 bridgehead atoms. The molecule has 0 radical (unpaired) electrons. The summed E-state index contributed by atoms with van der Waals surface area (Å²) in [6.07, 6.45) is 0.868. The Morgan fingerprint density at radius 2 is 1.66 bits per heavy atom. The van der Waals surface area contributed by atoms with E-state index in [0.717, 1.165) is 6.20 Å². The topological polar surface area (TPSA) is 198 Å². The first kappa shape index (κ1) is 21.9. The van der Waals surface area contributed by atoms with Gasteiger partial charge in [-0.1, -0.05) is 18.2 Å². The third-order valence-electron chi connectivity index (χ3n) is 3.80. The zero-order chi connectivity index (χ0) is 23.4. The monoisotopic (exact) mass is 459 g/mol. The van der Waals surface area contributed by atoms with Crippen molar-refractivity contribution >= 4 is 44.7 Å². The normalized spacial score (nSPS) is 10.2. The lowest BCUT2D eigenvalue weighted by atomic mass is 10.1. The summed E-state index contributed by atoms with van der Waals surface area (Å²) in [5.41, 5.74) is -2.53. The van der Waals surface area contributed by atoms with Gasteiger partial charge in [0.1, 0.15) is 6.20 Å². The van der Waals surface area contributed by atoms with Crippen molar-refractivity contribution in [2.24, 2.45) is 0 Å². The van der Waals surface area contributed by atoms with Crippen molar-refractivity contribution in [2.45, 2.75) is 0 Å².